The molecule has 0 saturated carbocycles. The molecule has 0 radical (unpaired) electrons. The lowest BCUT2D eigenvalue weighted by Crippen LogP contribution is -2.36. The van der Waals surface area contributed by atoms with Gasteiger partial charge in [0.05, 0.1) is 13.2 Å². The highest BCUT2D eigenvalue weighted by Gasteiger charge is 2.05. The predicted octanol–water partition coefficient (Wildman–Crippen LogP) is -0.173. The second-order valence-corrected chi connectivity index (χ2v) is 3.07. The molecule has 13 heavy (non-hydrogen) atoms. The third-order valence-corrected chi connectivity index (χ3v) is 1.84. The Hall–Kier alpha value is -0.610. The highest BCUT2D eigenvalue weighted by molar-refractivity contribution is 5.77. The van der Waals surface area contributed by atoms with E-state index in [1.165, 1.54) is 0 Å². The Morgan fingerprint density at radius 3 is 2.77 bits per heavy atom. The van der Waals surface area contributed by atoms with Crippen molar-refractivity contribution in [3.05, 3.63) is 0 Å². The zero-order valence-electron chi connectivity index (χ0n) is 8.55. The lowest BCUT2D eigenvalue weighted by molar-refractivity contribution is -0.129. The van der Waals surface area contributed by atoms with E-state index in [0.29, 0.717) is 13.1 Å². The fourth-order valence-electron chi connectivity index (χ4n) is 0.929. The summed E-state index contributed by atoms with van der Waals surface area (Å²) in [6, 6.07) is 0. The number of carbonyl (C=O) groups is 1. The molecule has 0 rings (SSSR count). The number of carbonyl (C=O) groups excluding carboxylic acids is 1. The SMILES string of the molecule is CCCCN(C)C(=O)CNCCO. The molecule has 0 fully saturated rings. The number of aliphatic hydroxyl groups excluding tert-OH is 1. The monoisotopic (exact) mass is 188 g/mol. The van der Waals surface area contributed by atoms with E-state index < -0.39 is 0 Å². The molecule has 0 saturated heterocycles. The Morgan fingerprint density at radius 2 is 2.23 bits per heavy atom. The largest absolute Gasteiger partial charge is 0.395 e. The standard InChI is InChI=1S/C9H20N2O2/c1-3-4-6-11(2)9(13)8-10-5-7-12/h10,12H,3-8H2,1-2H3. The highest BCUT2D eigenvalue weighted by atomic mass is 16.3. The molecule has 0 bridgehead atoms. The molecular formula is C9H20N2O2. The Bertz CT molecular complexity index is 140. The molecule has 0 atom stereocenters. The van der Waals surface area contributed by atoms with E-state index in [9.17, 15) is 4.79 Å². The molecule has 78 valence electrons. The smallest absolute Gasteiger partial charge is 0.236 e. The van der Waals surface area contributed by atoms with Crippen LogP contribution in [0.1, 0.15) is 19.8 Å². The van der Waals surface area contributed by atoms with Crippen molar-refractivity contribution in [1.29, 1.82) is 0 Å². The van der Waals surface area contributed by atoms with Crippen molar-refractivity contribution in [2.45, 2.75) is 19.8 Å². The number of likely N-dealkylation sites (N-methyl/N-ethyl adjacent to an activating group) is 1. The van der Waals surface area contributed by atoms with Crippen LogP contribution in [0.15, 0.2) is 0 Å². The van der Waals surface area contributed by atoms with E-state index in [-0.39, 0.29) is 12.5 Å². The molecule has 0 aromatic rings. The molecule has 4 nitrogen and oxygen atoms in total. The van der Waals surface area contributed by atoms with Gasteiger partial charge in [-0.25, -0.2) is 0 Å². The fraction of sp³-hybridized carbons (Fsp3) is 0.889. The first-order chi connectivity index (χ1) is 6.22. The van der Waals surface area contributed by atoms with Gasteiger partial charge >= 0.3 is 0 Å². The van der Waals surface area contributed by atoms with Gasteiger partial charge in [0.1, 0.15) is 0 Å². The van der Waals surface area contributed by atoms with Gasteiger partial charge in [0, 0.05) is 20.1 Å². The van der Waals surface area contributed by atoms with Crippen LogP contribution in [0.5, 0.6) is 0 Å². The van der Waals surface area contributed by atoms with Crippen LogP contribution in [0.4, 0.5) is 0 Å². The van der Waals surface area contributed by atoms with Gasteiger partial charge in [-0.2, -0.15) is 0 Å². The van der Waals surface area contributed by atoms with Gasteiger partial charge in [0.25, 0.3) is 0 Å². The summed E-state index contributed by atoms with van der Waals surface area (Å²) in [5.74, 6) is 0.0851. The number of unbranched alkanes of at least 4 members (excludes halogenated alkanes) is 1. The molecule has 0 spiro atoms. The second kappa shape index (κ2) is 8.01. The Labute approximate surface area is 79.9 Å². The minimum absolute atomic E-state index is 0.0754. The second-order valence-electron chi connectivity index (χ2n) is 3.07. The van der Waals surface area contributed by atoms with Crippen LogP contribution in [0.25, 0.3) is 0 Å². The zero-order chi connectivity index (χ0) is 10.1. The molecular weight excluding hydrogens is 168 g/mol. The van der Waals surface area contributed by atoms with Crippen molar-refractivity contribution < 1.29 is 9.90 Å². The van der Waals surface area contributed by atoms with E-state index in [4.69, 9.17) is 5.11 Å². The molecule has 0 aromatic carbocycles. The molecule has 4 heteroatoms. The molecule has 0 heterocycles. The number of nitrogens with one attached hydrogen (secondary N) is 1. The van der Waals surface area contributed by atoms with Gasteiger partial charge in [0.15, 0.2) is 0 Å². The summed E-state index contributed by atoms with van der Waals surface area (Å²) < 4.78 is 0. The summed E-state index contributed by atoms with van der Waals surface area (Å²) in [5, 5.41) is 11.3. The molecule has 0 aliphatic heterocycles. The van der Waals surface area contributed by atoms with Crippen molar-refractivity contribution >= 4 is 5.91 Å². The quantitative estimate of drug-likeness (QED) is 0.545. The van der Waals surface area contributed by atoms with Crippen molar-refractivity contribution in [3.8, 4) is 0 Å². The maximum Gasteiger partial charge on any atom is 0.236 e. The third-order valence-electron chi connectivity index (χ3n) is 1.84. The molecule has 0 unspecified atom stereocenters. The third kappa shape index (κ3) is 6.54. The summed E-state index contributed by atoms with van der Waals surface area (Å²) in [4.78, 5) is 13.0. The fourth-order valence-corrected chi connectivity index (χ4v) is 0.929. The van der Waals surface area contributed by atoms with Crippen LogP contribution < -0.4 is 5.32 Å². The Kier molecular flexibility index (Phi) is 7.63. The molecule has 2 N–H and O–H groups in total. The number of hydrogen-bond donors (Lipinski definition) is 2. The maximum atomic E-state index is 11.3. The van der Waals surface area contributed by atoms with E-state index in [1.807, 2.05) is 0 Å². The van der Waals surface area contributed by atoms with E-state index in [2.05, 4.69) is 12.2 Å². The average Bonchev–Trinajstić information content (AvgIpc) is 2.14. The van der Waals surface area contributed by atoms with Crippen LogP contribution in [0.2, 0.25) is 0 Å². The summed E-state index contributed by atoms with van der Waals surface area (Å²) >= 11 is 0. The summed E-state index contributed by atoms with van der Waals surface area (Å²) in [6.45, 7) is 3.79. The lowest BCUT2D eigenvalue weighted by atomic mass is 10.3. The first kappa shape index (κ1) is 12.4. The van der Waals surface area contributed by atoms with Crippen LogP contribution in [0, 0.1) is 0 Å². The normalized spacial score (nSPS) is 10.1. The van der Waals surface area contributed by atoms with Crippen LogP contribution in [-0.4, -0.2) is 49.2 Å². The van der Waals surface area contributed by atoms with Crippen molar-refractivity contribution in [1.82, 2.24) is 10.2 Å². The minimum Gasteiger partial charge on any atom is -0.395 e. The van der Waals surface area contributed by atoms with E-state index >= 15 is 0 Å². The van der Waals surface area contributed by atoms with Crippen molar-refractivity contribution in [3.63, 3.8) is 0 Å². The number of amides is 1. The Balaban J connectivity index is 3.45. The summed E-state index contributed by atoms with van der Waals surface area (Å²) in [6.07, 6.45) is 2.14. The zero-order valence-corrected chi connectivity index (χ0v) is 8.55. The van der Waals surface area contributed by atoms with Crippen molar-refractivity contribution in [2.24, 2.45) is 0 Å². The number of rotatable bonds is 7. The van der Waals surface area contributed by atoms with Gasteiger partial charge in [-0.15, -0.1) is 0 Å². The molecule has 1 amide bonds. The highest BCUT2D eigenvalue weighted by Crippen LogP contribution is 1.91. The minimum atomic E-state index is 0.0754. The van der Waals surface area contributed by atoms with Crippen molar-refractivity contribution in [2.75, 3.05) is 33.3 Å². The van der Waals surface area contributed by atoms with Crippen LogP contribution in [0.3, 0.4) is 0 Å². The van der Waals surface area contributed by atoms with E-state index in [0.717, 1.165) is 19.4 Å². The number of aliphatic hydroxyl groups is 1. The topological polar surface area (TPSA) is 52.6 Å². The van der Waals surface area contributed by atoms with Crippen LogP contribution in [-0.2, 0) is 4.79 Å². The van der Waals surface area contributed by atoms with Gasteiger partial charge < -0.3 is 15.3 Å². The number of hydrogen-bond acceptors (Lipinski definition) is 3. The average molecular weight is 188 g/mol. The predicted molar refractivity (Wildman–Crippen MR) is 52.5 cm³/mol. The first-order valence-electron chi connectivity index (χ1n) is 4.78. The molecule has 0 aliphatic carbocycles. The van der Waals surface area contributed by atoms with Gasteiger partial charge in [-0.3, -0.25) is 4.79 Å². The molecule has 0 aliphatic rings. The van der Waals surface area contributed by atoms with Gasteiger partial charge in [-0.1, -0.05) is 13.3 Å². The maximum absolute atomic E-state index is 11.3. The summed E-state index contributed by atoms with van der Waals surface area (Å²) in [5.41, 5.74) is 0. The van der Waals surface area contributed by atoms with Gasteiger partial charge in [-0.05, 0) is 6.42 Å². The van der Waals surface area contributed by atoms with E-state index in [1.54, 1.807) is 11.9 Å². The number of nitrogens with zero attached hydrogens (tertiary/aromatic N) is 1. The van der Waals surface area contributed by atoms with Gasteiger partial charge in [0.2, 0.25) is 5.91 Å². The molecule has 0 aromatic heterocycles. The lowest BCUT2D eigenvalue weighted by Gasteiger charge is -2.16. The first-order valence-corrected chi connectivity index (χ1v) is 4.78. The Morgan fingerprint density at radius 1 is 1.54 bits per heavy atom. The van der Waals surface area contributed by atoms with Crippen LogP contribution >= 0.6 is 0 Å². The summed E-state index contributed by atoms with van der Waals surface area (Å²) in [7, 11) is 1.80.